The number of hydrogen-bond donors (Lipinski definition) is 0. The Morgan fingerprint density at radius 1 is 1.03 bits per heavy atom. The SMILES string of the molecule is Cc1ccnc(-n2c(SCCCc3nc(-c4ccncc4)no3)nc3ccccc3c2=O)c1. The second-order valence-corrected chi connectivity index (χ2v) is 8.51. The number of rotatable bonds is 7. The predicted molar refractivity (Wildman–Crippen MR) is 126 cm³/mol. The monoisotopic (exact) mass is 456 g/mol. The maximum atomic E-state index is 13.3. The van der Waals surface area contributed by atoms with E-state index in [9.17, 15) is 4.79 Å². The first-order chi connectivity index (χ1) is 16.2. The summed E-state index contributed by atoms with van der Waals surface area (Å²) in [6, 6.07) is 14.9. The van der Waals surface area contributed by atoms with Crippen LogP contribution >= 0.6 is 11.8 Å². The van der Waals surface area contributed by atoms with E-state index in [-0.39, 0.29) is 5.56 Å². The Morgan fingerprint density at radius 2 is 1.88 bits per heavy atom. The smallest absolute Gasteiger partial charge is 0.267 e. The largest absolute Gasteiger partial charge is 0.339 e. The fourth-order valence-electron chi connectivity index (χ4n) is 3.42. The lowest BCUT2D eigenvalue weighted by atomic mass is 10.2. The lowest BCUT2D eigenvalue weighted by Crippen LogP contribution is -2.22. The van der Waals surface area contributed by atoms with Gasteiger partial charge in [0, 0.05) is 36.3 Å². The molecule has 5 rings (SSSR count). The number of pyridine rings is 2. The molecule has 0 N–H and O–H groups in total. The molecule has 5 aromatic rings. The van der Waals surface area contributed by atoms with Gasteiger partial charge in [-0.15, -0.1) is 0 Å². The highest BCUT2D eigenvalue weighted by atomic mass is 32.2. The van der Waals surface area contributed by atoms with Crippen molar-refractivity contribution in [1.29, 1.82) is 0 Å². The molecule has 0 radical (unpaired) electrons. The van der Waals surface area contributed by atoms with E-state index >= 15 is 0 Å². The molecule has 4 aromatic heterocycles. The van der Waals surface area contributed by atoms with Crippen LogP contribution in [0, 0.1) is 6.92 Å². The van der Waals surface area contributed by atoms with Crippen LogP contribution in [0.1, 0.15) is 17.9 Å². The summed E-state index contributed by atoms with van der Waals surface area (Å²) in [5, 5.41) is 5.22. The zero-order valence-electron chi connectivity index (χ0n) is 17.9. The van der Waals surface area contributed by atoms with E-state index in [4.69, 9.17) is 9.51 Å². The van der Waals surface area contributed by atoms with Gasteiger partial charge < -0.3 is 4.52 Å². The lowest BCUT2D eigenvalue weighted by Gasteiger charge is -2.12. The summed E-state index contributed by atoms with van der Waals surface area (Å²) in [4.78, 5) is 30.9. The molecule has 0 unspecified atom stereocenters. The summed E-state index contributed by atoms with van der Waals surface area (Å²) in [6.07, 6.45) is 6.51. The first-order valence-corrected chi connectivity index (χ1v) is 11.5. The number of aryl methyl sites for hydroxylation is 2. The van der Waals surface area contributed by atoms with Crippen molar-refractivity contribution in [2.24, 2.45) is 0 Å². The van der Waals surface area contributed by atoms with Gasteiger partial charge in [0.2, 0.25) is 11.7 Å². The summed E-state index contributed by atoms with van der Waals surface area (Å²) < 4.78 is 6.97. The van der Waals surface area contributed by atoms with E-state index in [2.05, 4.69) is 20.1 Å². The predicted octanol–water partition coefficient (Wildman–Crippen LogP) is 4.26. The minimum absolute atomic E-state index is 0.125. The second-order valence-electron chi connectivity index (χ2n) is 7.44. The van der Waals surface area contributed by atoms with Gasteiger partial charge in [-0.3, -0.25) is 9.78 Å². The van der Waals surface area contributed by atoms with Gasteiger partial charge in [-0.1, -0.05) is 29.1 Å². The maximum absolute atomic E-state index is 13.3. The Kier molecular flexibility index (Phi) is 5.95. The minimum atomic E-state index is -0.125. The maximum Gasteiger partial charge on any atom is 0.267 e. The molecule has 33 heavy (non-hydrogen) atoms. The van der Waals surface area contributed by atoms with E-state index in [1.165, 1.54) is 11.8 Å². The van der Waals surface area contributed by atoms with Gasteiger partial charge in [0.15, 0.2) is 5.16 Å². The van der Waals surface area contributed by atoms with Gasteiger partial charge in [-0.05, 0) is 55.3 Å². The van der Waals surface area contributed by atoms with Crippen molar-refractivity contribution < 1.29 is 4.52 Å². The van der Waals surface area contributed by atoms with Crippen LogP contribution < -0.4 is 5.56 Å². The number of nitrogens with zero attached hydrogens (tertiary/aromatic N) is 6. The molecule has 1 aromatic carbocycles. The van der Waals surface area contributed by atoms with E-state index in [1.54, 1.807) is 29.2 Å². The van der Waals surface area contributed by atoms with Crippen LogP contribution in [-0.2, 0) is 6.42 Å². The van der Waals surface area contributed by atoms with Crippen molar-refractivity contribution in [3.63, 3.8) is 0 Å². The topological polar surface area (TPSA) is 99.6 Å². The van der Waals surface area contributed by atoms with Crippen molar-refractivity contribution in [1.82, 2.24) is 29.7 Å². The van der Waals surface area contributed by atoms with Crippen LogP contribution in [0.3, 0.4) is 0 Å². The third-order valence-electron chi connectivity index (χ3n) is 5.05. The molecule has 0 saturated heterocycles. The number of benzene rings is 1. The number of para-hydroxylation sites is 1. The van der Waals surface area contributed by atoms with Crippen molar-refractivity contribution in [3.8, 4) is 17.2 Å². The van der Waals surface area contributed by atoms with E-state index in [0.29, 0.717) is 40.0 Å². The van der Waals surface area contributed by atoms with Gasteiger partial charge in [0.1, 0.15) is 5.82 Å². The Morgan fingerprint density at radius 3 is 2.73 bits per heavy atom. The molecule has 0 fully saturated rings. The van der Waals surface area contributed by atoms with E-state index < -0.39 is 0 Å². The third-order valence-corrected chi connectivity index (χ3v) is 6.07. The molecule has 0 aliphatic heterocycles. The first kappa shape index (κ1) is 21.0. The Balaban J connectivity index is 1.35. The summed E-state index contributed by atoms with van der Waals surface area (Å²) >= 11 is 1.51. The summed E-state index contributed by atoms with van der Waals surface area (Å²) in [6.45, 7) is 1.97. The first-order valence-electron chi connectivity index (χ1n) is 10.5. The molecule has 0 atom stereocenters. The highest BCUT2D eigenvalue weighted by Crippen LogP contribution is 2.22. The molecule has 4 heterocycles. The molecule has 164 valence electrons. The molecule has 0 amide bonds. The van der Waals surface area contributed by atoms with Crippen LogP contribution in [0.5, 0.6) is 0 Å². The van der Waals surface area contributed by atoms with Gasteiger partial charge in [0.05, 0.1) is 10.9 Å². The van der Waals surface area contributed by atoms with Crippen LogP contribution in [0.25, 0.3) is 28.1 Å². The van der Waals surface area contributed by atoms with E-state index in [1.807, 2.05) is 49.4 Å². The van der Waals surface area contributed by atoms with Gasteiger partial charge in [-0.25, -0.2) is 14.5 Å². The average molecular weight is 457 g/mol. The summed E-state index contributed by atoms with van der Waals surface area (Å²) in [7, 11) is 0. The number of hydrogen-bond acceptors (Lipinski definition) is 8. The standard InChI is InChI=1S/C24H20N6O2S/c1-16-8-13-26-20(15-16)30-23(31)18-5-2-3-6-19(18)27-24(30)33-14-4-7-21-28-22(29-32-21)17-9-11-25-12-10-17/h2-3,5-6,8-13,15H,4,7,14H2,1H3. The zero-order valence-corrected chi connectivity index (χ0v) is 18.7. The zero-order chi connectivity index (χ0) is 22.6. The normalized spacial score (nSPS) is 11.2. The minimum Gasteiger partial charge on any atom is -0.339 e. The Hall–Kier alpha value is -3.85. The molecule has 0 bridgehead atoms. The van der Waals surface area contributed by atoms with Crippen molar-refractivity contribution in [3.05, 3.63) is 88.9 Å². The van der Waals surface area contributed by atoms with Crippen molar-refractivity contribution in [2.45, 2.75) is 24.9 Å². The Labute approximate surface area is 193 Å². The quantitative estimate of drug-likeness (QED) is 0.203. The fourth-order valence-corrected chi connectivity index (χ4v) is 4.35. The van der Waals surface area contributed by atoms with Crippen molar-refractivity contribution in [2.75, 3.05) is 5.75 Å². The number of fused-ring (bicyclic) bond motifs is 1. The van der Waals surface area contributed by atoms with Gasteiger partial charge in [-0.2, -0.15) is 4.98 Å². The number of thioether (sulfide) groups is 1. The third kappa shape index (κ3) is 4.54. The molecule has 0 saturated carbocycles. The number of aromatic nitrogens is 6. The average Bonchev–Trinajstić information content (AvgIpc) is 3.32. The van der Waals surface area contributed by atoms with Gasteiger partial charge in [0.25, 0.3) is 5.56 Å². The van der Waals surface area contributed by atoms with Crippen LogP contribution in [-0.4, -0.2) is 35.4 Å². The van der Waals surface area contributed by atoms with Crippen molar-refractivity contribution >= 4 is 22.7 Å². The summed E-state index contributed by atoms with van der Waals surface area (Å²) in [5.74, 6) is 2.42. The highest BCUT2D eigenvalue weighted by molar-refractivity contribution is 7.99. The second kappa shape index (κ2) is 9.33. The molecule has 0 aliphatic carbocycles. The molecular formula is C24H20N6O2S. The van der Waals surface area contributed by atoms with Crippen LogP contribution in [0.2, 0.25) is 0 Å². The molecule has 8 nitrogen and oxygen atoms in total. The molecular weight excluding hydrogens is 436 g/mol. The summed E-state index contributed by atoms with van der Waals surface area (Å²) in [5.41, 5.74) is 2.44. The van der Waals surface area contributed by atoms with Crippen LogP contribution in [0.15, 0.2) is 81.6 Å². The lowest BCUT2D eigenvalue weighted by molar-refractivity contribution is 0.378. The molecule has 9 heteroatoms. The fraction of sp³-hybridized carbons (Fsp3) is 0.167. The van der Waals surface area contributed by atoms with E-state index in [0.717, 1.165) is 23.3 Å². The molecule has 0 aliphatic rings. The van der Waals surface area contributed by atoms with Gasteiger partial charge >= 0.3 is 0 Å². The van der Waals surface area contributed by atoms with Crippen LogP contribution in [0.4, 0.5) is 0 Å². The molecule has 0 spiro atoms. The Bertz CT molecular complexity index is 1470. The highest BCUT2D eigenvalue weighted by Gasteiger charge is 2.15.